The van der Waals surface area contributed by atoms with Crippen molar-refractivity contribution < 1.29 is 5.11 Å². The molecule has 0 aliphatic heterocycles. The van der Waals surface area contributed by atoms with E-state index in [2.05, 4.69) is 12.6 Å². The molecule has 0 amide bonds. The van der Waals surface area contributed by atoms with Crippen LogP contribution in [-0.4, -0.2) is 5.11 Å². The lowest BCUT2D eigenvalue weighted by Gasteiger charge is -1.98. The van der Waals surface area contributed by atoms with Gasteiger partial charge in [-0.3, -0.25) is 0 Å². The average Bonchev–Trinajstić information content (AvgIpc) is 2.61. The van der Waals surface area contributed by atoms with Gasteiger partial charge in [0.2, 0.25) is 0 Å². The molecule has 1 nitrogen and oxygen atoms in total. The van der Waals surface area contributed by atoms with Crippen molar-refractivity contribution in [2.24, 2.45) is 0 Å². The highest BCUT2D eigenvalue weighted by Gasteiger charge is 2.05. The minimum Gasteiger partial charge on any atom is -0.391 e. The summed E-state index contributed by atoms with van der Waals surface area (Å²) in [5.41, 5.74) is 1.07. The molecule has 74 valence electrons. The number of hydrogen-bond donors (Lipinski definition) is 2. The Hall–Kier alpha value is -0.220. The van der Waals surface area contributed by atoms with E-state index in [-0.39, 0.29) is 6.61 Å². The molecule has 2 aromatic rings. The Morgan fingerprint density at radius 1 is 1.36 bits per heavy atom. The molecular weight excluding hydrogens is 236 g/mol. The molecule has 1 N–H and O–H groups in total. The van der Waals surface area contributed by atoms with Crippen molar-refractivity contribution >= 4 is 45.7 Å². The van der Waals surface area contributed by atoms with E-state index in [1.165, 1.54) is 0 Å². The third-order valence-electron chi connectivity index (χ3n) is 2.04. The molecule has 1 heterocycles. The van der Waals surface area contributed by atoms with Gasteiger partial charge in [-0.25, -0.2) is 0 Å². The number of fused-ring (bicyclic) bond motifs is 1. The van der Waals surface area contributed by atoms with Gasteiger partial charge in [-0.05, 0) is 23.8 Å². The highest BCUT2D eigenvalue weighted by molar-refractivity contribution is 7.80. The topological polar surface area (TPSA) is 20.2 Å². The largest absolute Gasteiger partial charge is 0.391 e. The van der Waals surface area contributed by atoms with E-state index in [1.54, 1.807) is 11.3 Å². The van der Waals surface area contributed by atoms with E-state index in [0.29, 0.717) is 5.88 Å². The van der Waals surface area contributed by atoms with Gasteiger partial charge in [-0.2, -0.15) is 0 Å². The average molecular weight is 245 g/mol. The lowest BCUT2D eigenvalue weighted by atomic mass is 10.2. The summed E-state index contributed by atoms with van der Waals surface area (Å²) >= 11 is 11.7. The van der Waals surface area contributed by atoms with E-state index in [0.717, 1.165) is 25.4 Å². The Kier molecular flexibility index (Phi) is 3.02. The Morgan fingerprint density at radius 3 is 2.79 bits per heavy atom. The Bertz CT molecular complexity index is 464. The second-order valence-corrected chi connectivity index (χ2v) is 4.95. The molecule has 1 aromatic carbocycles. The zero-order valence-corrected chi connectivity index (χ0v) is 9.79. The number of benzene rings is 1. The molecule has 2 rings (SSSR count). The molecule has 0 atom stereocenters. The van der Waals surface area contributed by atoms with E-state index in [1.807, 2.05) is 18.2 Å². The monoisotopic (exact) mass is 244 g/mol. The van der Waals surface area contributed by atoms with Gasteiger partial charge < -0.3 is 5.11 Å². The van der Waals surface area contributed by atoms with Crippen LogP contribution in [0.4, 0.5) is 0 Å². The van der Waals surface area contributed by atoms with Gasteiger partial charge in [-0.1, -0.05) is 0 Å². The number of aliphatic hydroxyl groups is 1. The molecule has 0 saturated heterocycles. The van der Waals surface area contributed by atoms with Gasteiger partial charge in [0.25, 0.3) is 0 Å². The van der Waals surface area contributed by atoms with Crippen LogP contribution in [0, 0.1) is 0 Å². The quantitative estimate of drug-likeness (QED) is 0.613. The SMILES string of the molecule is OCc1cc2c(S)cc(CCl)cc2s1. The highest BCUT2D eigenvalue weighted by atomic mass is 35.5. The maximum absolute atomic E-state index is 9.02. The third-order valence-corrected chi connectivity index (χ3v) is 3.78. The predicted molar refractivity (Wildman–Crippen MR) is 64.6 cm³/mol. The first kappa shape index (κ1) is 10.3. The van der Waals surface area contributed by atoms with E-state index in [9.17, 15) is 0 Å². The molecule has 1 aromatic heterocycles. The second kappa shape index (κ2) is 4.11. The van der Waals surface area contributed by atoms with Crippen LogP contribution in [0.3, 0.4) is 0 Å². The molecule has 0 bridgehead atoms. The summed E-state index contributed by atoms with van der Waals surface area (Å²) in [5.74, 6) is 0.496. The molecule has 0 unspecified atom stereocenters. The van der Waals surface area contributed by atoms with Crippen molar-refractivity contribution in [3.8, 4) is 0 Å². The van der Waals surface area contributed by atoms with Gasteiger partial charge in [0.1, 0.15) is 0 Å². The summed E-state index contributed by atoms with van der Waals surface area (Å²) in [7, 11) is 0. The Balaban J connectivity index is 2.67. The van der Waals surface area contributed by atoms with Gasteiger partial charge in [0, 0.05) is 25.7 Å². The third kappa shape index (κ3) is 1.77. The summed E-state index contributed by atoms with van der Waals surface area (Å²) in [6, 6.07) is 5.98. The fourth-order valence-electron chi connectivity index (χ4n) is 1.38. The summed E-state index contributed by atoms with van der Waals surface area (Å²) in [6.45, 7) is 0.0861. The van der Waals surface area contributed by atoms with Gasteiger partial charge in [-0.15, -0.1) is 35.6 Å². The fraction of sp³-hybridized carbons (Fsp3) is 0.200. The summed E-state index contributed by atoms with van der Waals surface area (Å²) < 4.78 is 1.14. The second-order valence-electron chi connectivity index (χ2n) is 3.03. The number of aliphatic hydroxyl groups excluding tert-OH is 1. The predicted octanol–water partition coefficient (Wildman–Crippen LogP) is 3.42. The normalized spacial score (nSPS) is 11.1. The standard InChI is InChI=1S/C10H9ClOS2/c11-4-6-1-9(13)8-3-7(5-12)14-10(8)2-6/h1-3,12-13H,4-5H2. The van der Waals surface area contributed by atoms with Crippen LogP contribution in [0.5, 0.6) is 0 Å². The van der Waals surface area contributed by atoms with Crippen LogP contribution in [0.1, 0.15) is 10.4 Å². The smallest absolute Gasteiger partial charge is 0.0774 e. The van der Waals surface area contributed by atoms with Crippen LogP contribution in [0.15, 0.2) is 23.1 Å². The summed E-state index contributed by atoms with van der Waals surface area (Å²) in [5, 5.41) is 10.1. The number of alkyl halides is 1. The summed E-state index contributed by atoms with van der Waals surface area (Å²) in [6.07, 6.45) is 0. The molecule has 0 aliphatic carbocycles. The van der Waals surface area contributed by atoms with Crippen molar-refractivity contribution in [1.82, 2.24) is 0 Å². The van der Waals surface area contributed by atoms with E-state index in [4.69, 9.17) is 16.7 Å². The van der Waals surface area contributed by atoms with E-state index >= 15 is 0 Å². The fourth-order valence-corrected chi connectivity index (χ4v) is 2.98. The molecule has 0 spiro atoms. The molecular formula is C10H9ClOS2. The number of hydrogen-bond acceptors (Lipinski definition) is 3. The molecule has 0 saturated carbocycles. The molecule has 14 heavy (non-hydrogen) atoms. The Labute approximate surface area is 96.7 Å². The van der Waals surface area contributed by atoms with Gasteiger partial charge >= 0.3 is 0 Å². The first-order valence-electron chi connectivity index (χ1n) is 4.15. The van der Waals surface area contributed by atoms with Crippen molar-refractivity contribution in [2.75, 3.05) is 0 Å². The number of thiophene rings is 1. The first-order valence-corrected chi connectivity index (χ1v) is 5.95. The van der Waals surface area contributed by atoms with Crippen molar-refractivity contribution in [3.63, 3.8) is 0 Å². The number of rotatable bonds is 2. The first-order chi connectivity index (χ1) is 6.74. The minimum absolute atomic E-state index is 0.0861. The summed E-state index contributed by atoms with van der Waals surface area (Å²) in [4.78, 5) is 1.89. The lowest BCUT2D eigenvalue weighted by molar-refractivity contribution is 0.285. The highest BCUT2D eigenvalue weighted by Crippen LogP contribution is 2.32. The molecule has 4 heteroatoms. The van der Waals surface area contributed by atoms with E-state index < -0.39 is 0 Å². The number of thiol groups is 1. The van der Waals surface area contributed by atoms with Gasteiger partial charge in [0.05, 0.1) is 6.61 Å². The Morgan fingerprint density at radius 2 is 2.14 bits per heavy atom. The number of halogens is 1. The van der Waals surface area contributed by atoms with Crippen LogP contribution in [0.2, 0.25) is 0 Å². The maximum Gasteiger partial charge on any atom is 0.0774 e. The minimum atomic E-state index is 0.0861. The van der Waals surface area contributed by atoms with Crippen LogP contribution < -0.4 is 0 Å². The lowest BCUT2D eigenvalue weighted by Crippen LogP contribution is -1.77. The van der Waals surface area contributed by atoms with Crippen molar-refractivity contribution in [2.45, 2.75) is 17.4 Å². The zero-order valence-electron chi connectivity index (χ0n) is 7.33. The van der Waals surface area contributed by atoms with Crippen molar-refractivity contribution in [1.29, 1.82) is 0 Å². The van der Waals surface area contributed by atoms with Crippen LogP contribution in [0.25, 0.3) is 10.1 Å². The molecule has 0 fully saturated rings. The van der Waals surface area contributed by atoms with Crippen LogP contribution in [-0.2, 0) is 12.5 Å². The maximum atomic E-state index is 9.02. The zero-order chi connectivity index (χ0) is 10.1. The van der Waals surface area contributed by atoms with Crippen molar-refractivity contribution in [3.05, 3.63) is 28.6 Å². The molecule has 0 aliphatic rings. The molecule has 0 radical (unpaired) electrons. The van der Waals surface area contributed by atoms with Crippen LogP contribution >= 0.6 is 35.6 Å². The van der Waals surface area contributed by atoms with Gasteiger partial charge in [0.15, 0.2) is 0 Å².